The quantitative estimate of drug-likeness (QED) is 0.865. The van der Waals surface area contributed by atoms with Crippen LogP contribution < -0.4 is 5.32 Å². The molecule has 0 bridgehead atoms. The molecule has 0 aromatic heterocycles. The Kier molecular flexibility index (Phi) is 3.83. The minimum absolute atomic E-state index is 0.172. The Morgan fingerprint density at radius 1 is 1.44 bits per heavy atom. The fraction of sp³-hybridized carbons (Fsp3) is 0.538. The predicted octanol–water partition coefficient (Wildman–Crippen LogP) is 3.71. The van der Waals surface area contributed by atoms with Crippen molar-refractivity contribution in [2.75, 3.05) is 5.75 Å². The van der Waals surface area contributed by atoms with Crippen molar-refractivity contribution >= 4 is 23.4 Å². The van der Waals surface area contributed by atoms with Crippen LogP contribution in [-0.4, -0.2) is 16.7 Å². The molecule has 2 rings (SSSR count). The highest BCUT2D eigenvalue weighted by atomic mass is 35.5. The molecule has 1 heterocycles. The van der Waals surface area contributed by atoms with Gasteiger partial charge in [-0.1, -0.05) is 23.7 Å². The predicted molar refractivity (Wildman–Crippen MR) is 73.2 cm³/mol. The first-order valence-electron chi connectivity index (χ1n) is 5.73. The van der Waals surface area contributed by atoms with Gasteiger partial charge >= 0.3 is 0 Å². The van der Waals surface area contributed by atoms with Gasteiger partial charge in [0.1, 0.15) is 0 Å². The molecule has 16 heavy (non-hydrogen) atoms. The molecule has 2 atom stereocenters. The molecule has 0 aliphatic carbocycles. The molecule has 1 aliphatic rings. The minimum atomic E-state index is 0.172. The Bertz CT molecular complexity index is 351. The van der Waals surface area contributed by atoms with Crippen molar-refractivity contribution in [3.63, 3.8) is 0 Å². The highest BCUT2D eigenvalue weighted by molar-refractivity contribution is 8.00. The monoisotopic (exact) mass is 255 g/mol. The molecule has 1 aromatic carbocycles. The third-order valence-electron chi connectivity index (χ3n) is 2.98. The summed E-state index contributed by atoms with van der Waals surface area (Å²) in [4.78, 5) is 0.172. The van der Waals surface area contributed by atoms with Crippen LogP contribution in [0.3, 0.4) is 0 Å². The summed E-state index contributed by atoms with van der Waals surface area (Å²) in [6, 6.07) is 8.80. The molecule has 1 N–H and O–H groups in total. The second kappa shape index (κ2) is 4.99. The molecule has 1 aliphatic heterocycles. The lowest BCUT2D eigenvalue weighted by Crippen LogP contribution is -2.49. The van der Waals surface area contributed by atoms with Gasteiger partial charge in [-0.05, 0) is 50.1 Å². The first-order chi connectivity index (χ1) is 7.57. The molecule has 0 spiro atoms. The van der Waals surface area contributed by atoms with E-state index in [4.69, 9.17) is 11.6 Å². The molecule has 0 saturated carbocycles. The van der Waals surface area contributed by atoms with Gasteiger partial charge in [-0.15, -0.1) is 11.8 Å². The molecular weight excluding hydrogens is 238 g/mol. The smallest absolute Gasteiger partial charge is 0.0659 e. The van der Waals surface area contributed by atoms with E-state index in [0.29, 0.717) is 6.04 Å². The van der Waals surface area contributed by atoms with Gasteiger partial charge in [0.25, 0.3) is 0 Å². The van der Waals surface area contributed by atoms with Crippen LogP contribution in [0.1, 0.15) is 25.8 Å². The summed E-state index contributed by atoms with van der Waals surface area (Å²) in [5.74, 6) is 1.25. The topological polar surface area (TPSA) is 12.0 Å². The van der Waals surface area contributed by atoms with Crippen molar-refractivity contribution < 1.29 is 0 Å². The number of hydrogen-bond acceptors (Lipinski definition) is 2. The van der Waals surface area contributed by atoms with Gasteiger partial charge in [0, 0.05) is 11.1 Å². The van der Waals surface area contributed by atoms with Gasteiger partial charge in [-0.25, -0.2) is 0 Å². The van der Waals surface area contributed by atoms with Crippen LogP contribution in [0.2, 0.25) is 5.02 Å². The summed E-state index contributed by atoms with van der Waals surface area (Å²) in [5.41, 5.74) is 1.35. The largest absolute Gasteiger partial charge is 0.300 e. The van der Waals surface area contributed by atoms with E-state index in [1.165, 1.54) is 17.7 Å². The zero-order chi connectivity index (χ0) is 11.6. The zero-order valence-corrected chi connectivity index (χ0v) is 11.4. The van der Waals surface area contributed by atoms with Crippen molar-refractivity contribution in [3.8, 4) is 0 Å². The lowest BCUT2D eigenvalue weighted by molar-refractivity contribution is 0.408. The molecule has 1 aromatic rings. The Morgan fingerprint density at radius 2 is 2.12 bits per heavy atom. The van der Waals surface area contributed by atoms with Crippen molar-refractivity contribution in [2.24, 2.45) is 0 Å². The highest BCUT2D eigenvalue weighted by Gasteiger charge is 2.30. The van der Waals surface area contributed by atoms with Crippen molar-refractivity contribution in [2.45, 2.75) is 37.6 Å². The average Bonchev–Trinajstić information content (AvgIpc) is 2.21. The van der Waals surface area contributed by atoms with Crippen LogP contribution >= 0.6 is 23.4 Å². The molecule has 1 nitrogen and oxygen atoms in total. The summed E-state index contributed by atoms with van der Waals surface area (Å²) in [7, 11) is 0. The first-order valence-corrected chi connectivity index (χ1v) is 7.10. The van der Waals surface area contributed by atoms with Crippen LogP contribution in [0.5, 0.6) is 0 Å². The van der Waals surface area contributed by atoms with E-state index in [2.05, 4.69) is 31.3 Å². The Balaban J connectivity index is 2.05. The maximum absolute atomic E-state index is 5.89. The highest BCUT2D eigenvalue weighted by Crippen LogP contribution is 2.32. The molecule has 0 amide bonds. The van der Waals surface area contributed by atoms with Gasteiger partial charge in [-0.2, -0.15) is 0 Å². The fourth-order valence-corrected chi connectivity index (χ4v) is 3.79. The van der Waals surface area contributed by atoms with E-state index in [-0.39, 0.29) is 4.87 Å². The average molecular weight is 256 g/mol. The zero-order valence-electron chi connectivity index (χ0n) is 9.79. The van der Waals surface area contributed by atoms with Crippen LogP contribution in [-0.2, 0) is 6.42 Å². The Labute approximate surface area is 107 Å². The van der Waals surface area contributed by atoms with E-state index < -0.39 is 0 Å². The molecule has 1 saturated heterocycles. The normalized spacial score (nSPS) is 30.3. The van der Waals surface area contributed by atoms with Gasteiger partial charge in [-0.3, -0.25) is 0 Å². The van der Waals surface area contributed by atoms with Gasteiger partial charge < -0.3 is 5.32 Å². The minimum Gasteiger partial charge on any atom is -0.300 e. The summed E-state index contributed by atoms with van der Waals surface area (Å²) >= 11 is 7.92. The summed E-state index contributed by atoms with van der Waals surface area (Å²) in [5, 5.41) is 4.50. The lowest BCUT2D eigenvalue weighted by atomic mass is 10.1. The second-order valence-corrected chi connectivity index (χ2v) is 6.75. The Morgan fingerprint density at radius 3 is 2.75 bits per heavy atom. The van der Waals surface area contributed by atoms with Gasteiger partial charge in [0.05, 0.1) is 4.87 Å². The van der Waals surface area contributed by atoms with Crippen molar-refractivity contribution in [1.29, 1.82) is 0 Å². The van der Waals surface area contributed by atoms with Crippen LogP contribution in [0, 0.1) is 0 Å². The molecule has 88 valence electrons. The van der Waals surface area contributed by atoms with Crippen LogP contribution in [0.4, 0.5) is 0 Å². The van der Waals surface area contributed by atoms with Crippen molar-refractivity contribution in [3.05, 3.63) is 34.9 Å². The third-order valence-corrected chi connectivity index (χ3v) is 4.57. The number of thioether (sulfide) groups is 1. The van der Waals surface area contributed by atoms with E-state index in [1.54, 1.807) is 0 Å². The molecular formula is C13H18ClNS. The lowest BCUT2D eigenvalue weighted by Gasteiger charge is -2.38. The molecule has 3 heteroatoms. The first kappa shape index (κ1) is 12.3. The summed E-state index contributed by atoms with van der Waals surface area (Å²) < 4.78 is 0. The molecule has 0 radical (unpaired) electrons. The number of benzene rings is 1. The van der Waals surface area contributed by atoms with Crippen molar-refractivity contribution in [1.82, 2.24) is 5.32 Å². The standard InChI is InChI=1S/C13H18ClNS/c1-10-7-8-16-13(2,15-10)9-11-3-5-12(14)6-4-11/h3-6,10,15H,7-9H2,1-2H3. The number of nitrogens with one attached hydrogen (secondary N) is 1. The SMILES string of the molecule is CC1CCSC(C)(Cc2ccc(Cl)cc2)N1. The maximum atomic E-state index is 5.89. The molecule has 2 unspecified atom stereocenters. The Hall–Kier alpha value is -0.180. The van der Waals surface area contributed by atoms with Crippen LogP contribution in [0.25, 0.3) is 0 Å². The number of halogens is 1. The molecule has 1 fully saturated rings. The second-order valence-electron chi connectivity index (χ2n) is 4.72. The fourth-order valence-electron chi connectivity index (χ4n) is 2.19. The van der Waals surface area contributed by atoms with E-state index in [0.717, 1.165) is 11.4 Å². The summed E-state index contributed by atoms with van der Waals surface area (Å²) in [6.45, 7) is 4.56. The van der Waals surface area contributed by atoms with E-state index >= 15 is 0 Å². The van der Waals surface area contributed by atoms with Gasteiger partial charge in [0.15, 0.2) is 0 Å². The van der Waals surface area contributed by atoms with E-state index in [9.17, 15) is 0 Å². The third kappa shape index (κ3) is 3.16. The van der Waals surface area contributed by atoms with Gasteiger partial charge in [0.2, 0.25) is 0 Å². The number of rotatable bonds is 2. The summed E-state index contributed by atoms with van der Waals surface area (Å²) in [6.07, 6.45) is 2.32. The number of hydrogen-bond donors (Lipinski definition) is 1. The maximum Gasteiger partial charge on any atom is 0.0659 e. The van der Waals surface area contributed by atoms with E-state index in [1.807, 2.05) is 23.9 Å². The van der Waals surface area contributed by atoms with Crippen LogP contribution in [0.15, 0.2) is 24.3 Å².